The summed E-state index contributed by atoms with van der Waals surface area (Å²) < 4.78 is 11.4. The third-order valence-corrected chi connectivity index (χ3v) is 3.90. The van der Waals surface area contributed by atoms with Crippen LogP contribution in [0.2, 0.25) is 0 Å². The van der Waals surface area contributed by atoms with Gasteiger partial charge < -0.3 is 9.47 Å². The van der Waals surface area contributed by atoms with Crippen molar-refractivity contribution < 1.29 is 9.47 Å². The second kappa shape index (κ2) is 6.78. The third-order valence-electron chi connectivity index (χ3n) is 3.90. The van der Waals surface area contributed by atoms with Crippen molar-refractivity contribution in [1.29, 1.82) is 0 Å². The van der Waals surface area contributed by atoms with E-state index >= 15 is 0 Å². The van der Waals surface area contributed by atoms with Gasteiger partial charge in [0.25, 0.3) is 0 Å². The number of benzene rings is 1. The van der Waals surface area contributed by atoms with Crippen molar-refractivity contribution in [1.82, 2.24) is 5.43 Å². The molecule has 0 spiro atoms. The topological polar surface area (TPSA) is 56.5 Å². The van der Waals surface area contributed by atoms with Gasteiger partial charge in [-0.15, -0.1) is 0 Å². The number of nitrogens with two attached hydrogens (primary N) is 1. The van der Waals surface area contributed by atoms with Crippen LogP contribution in [0.3, 0.4) is 0 Å². The van der Waals surface area contributed by atoms with E-state index < -0.39 is 0 Å². The first-order valence-corrected chi connectivity index (χ1v) is 7.14. The molecule has 1 aromatic rings. The Balaban J connectivity index is 2.22. The smallest absolute Gasteiger partial charge is 0.166 e. The highest BCUT2D eigenvalue weighted by molar-refractivity contribution is 5.48. The molecule has 1 aromatic carbocycles. The van der Waals surface area contributed by atoms with E-state index in [1.807, 2.05) is 12.1 Å². The summed E-state index contributed by atoms with van der Waals surface area (Å²) in [6.45, 7) is 5.67. The molecule has 4 nitrogen and oxygen atoms in total. The molecule has 4 heteroatoms. The van der Waals surface area contributed by atoms with E-state index in [4.69, 9.17) is 15.3 Å². The van der Waals surface area contributed by atoms with Crippen LogP contribution in [0.1, 0.15) is 44.7 Å². The Labute approximate surface area is 115 Å². The molecule has 0 aliphatic carbocycles. The molecule has 0 aromatic heterocycles. The monoisotopic (exact) mass is 264 g/mol. The number of fused-ring (bicyclic) bond motifs is 1. The molecule has 0 fully saturated rings. The zero-order valence-corrected chi connectivity index (χ0v) is 11.8. The predicted octanol–water partition coefficient (Wildman–Crippen LogP) is 2.79. The summed E-state index contributed by atoms with van der Waals surface area (Å²) in [4.78, 5) is 0. The molecule has 1 heterocycles. The van der Waals surface area contributed by atoms with Crippen molar-refractivity contribution in [3.05, 3.63) is 23.8 Å². The summed E-state index contributed by atoms with van der Waals surface area (Å²) in [7, 11) is 0. The van der Waals surface area contributed by atoms with E-state index in [1.54, 1.807) is 0 Å². The number of para-hydroxylation sites is 1. The number of hydrogen-bond acceptors (Lipinski definition) is 4. The Morgan fingerprint density at radius 2 is 1.95 bits per heavy atom. The Bertz CT molecular complexity index is 405. The van der Waals surface area contributed by atoms with E-state index in [2.05, 4.69) is 25.3 Å². The summed E-state index contributed by atoms with van der Waals surface area (Å²) in [5.41, 5.74) is 4.04. The highest BCUT2D eigenvalue weighted by Gasteiger charge is 2.23. The first-order chi connectivity index (χ1) is 9.30. The number of hydrazine groups is 1. The van der Waals surface area contributed by atoms with Gasteiger partial charge in [0.2, 0.25) is 0 Å². The van der Waals surface area contributed by atoms with Gasteiger partial charge in [-0.3, -0.25) is 11.3 Å². The fourth-order valence-corrected chi connectivity index (χ4v) is 2.61. The maximum atomic E-state index is 5.77. The molecule has 0 saturated carbocycles. The fourth-order valence-electron chi connectivity index (χ4n) is 2.61. The molecule has 0 radical (unpaired) electrons. The first kappa shape index (κ1) is 14.2. The lowest BCUT2D eigenvalue weighted by atomic mass is 9.91. The average molecular weight is 264 g/mol. The minimum Gasteiger partial charge on any atom is -0.486 e. The third kappa shape index (κ3) is 3.19. The Morgan fingerprint density at radius 3 is 2.63 bits per heavy atom. The predicted molar refractivity (Wildman–Crippen MR) is 76.2 cm³/mol. The summed E-state index contributed by atoms with van der Waals surface area (Å²) in [6.07, 6.45) is 3.35. The average Bonchev–Trinajstić information content (AvgIpc) is 2.48. The van der Waals surface area contributed by atoms with Gasteiger partial charge in [0.15, 0.2) is 11.5 Å². The highest BCUT2D eigenvalue weighted by Crippen LogP contribution is 2.39. The van der Waals surface area contributed by atoms with Crippen molar-refractivity contribution in [2.24, 2.45) is 11.8 Å². The van der Waals surface area contributed by atoms with Crippen molar-refractivity contribution in [3.63, 3.8) is 0 Å². The summed E-state index contributed by atoms with van der Waals surface area (Å²) >= 11 is 0. The van der Waals surface area contributed by atoms with Crippen LogP contribution >= 0.6 is 0 Å². The van der Waals surface area contributed by atoms with Crippen LogP contribution in [0, 0.1) is 5.92 Å². The lowest BCUT2D eigenvalue weighted by molar-refractivity contribution is 0.168. The molecule has 0 amide bonds. The van der Waals surface area contributed by atoms with Crippen LogP contribution in [0.15, 0.2) is 18.2 Å². The van der Waals surface area contributed by atoms with Crippen molar-refractivity contribution in [2.45, 2.75) is 39.2 Å². The minimum atomic E-state index is 0.113. The van der Waals surface area contributed by atoms with Gasteiger partial charge in [-0.25, -0.2) is 0 Å². The number of rotatable bonds is 6. The summed E-state index contributed by atoms with van der Waals surface area (Å²) in [5.74, 6) is 8.09. The molecule has 106 valence electrons. The molecular formula is C15H24N2O2. The van der Waals surface area contributed by atoms with Crippen LogP contribution in [-0.4, -0.2) is 13.2 Å². The normalized spacial score (nSPS) is 15.6. The molecule has 1 unspecified atom stereocenters. The van der Waals surface area contributed by atoms with Gasteiger partial charge in [-0.05, 0) is 18.4 Å². The van der Waals surface area contributed by atoms with Gasteiger partial charge in [0.1, 0.15) is 13.2 Å². The standard InChI is InChI=1S/C15H24N2O2/c1-3-11(4-2)10-13(17-16)12-6-5-7-14-15(12)19-9-8-18-14/h5-7,11,13,17H,3-4,8-10,16H2,1-2H3. The quantitative estimate of drug-likeness (QED) is 0.613. The maximum Gasteiger partial charge on any atom is 0.166 e. The van der Waals surface area contributed by atoms with E-state index in [0.717, 1.165) is 23.5 Å². The molecule has 19 heavy (non-hydrogen) atoms. The number of ether oxygens (including phenoxy) is 2. The molecule has 1 atom stereocenters. The molecular weight excluding hydrogens is 240 g/mol. The first-order valence-electron chi connectivity index (χ1n) is 7.14. The molecule has 1 aliphatic rings. The van der Waals surface area contributed by atoms with Gasteiger partial charge >= 0.3 is 0 Å². The number of hydrogen-bond donors (Lipinski definition) is 2. The fraction of sp³-hybridized carbons (Fsp3) is 0.600. The van der Waals surface area contributed by atoms with E-state index in [-0.39, 0.29) is 6.04 Å². The SMILES string of the molecule is CCC(CC)CC(NN)c1cccc2c1OCCO2. The van der Waals surface area contributed by atoms with Crippen molar-refractivity contribution >= 4 is 0 Å². The van der Waals surface area contributed by atoms with Crippen LogP contribution < -0.4 is 20.7 Å². The Kier molecular flexibility index (Phi) is 5.05. The van der Waals surface area contributed by atoms with Crippen LogP contribution in [0.4, 0.5) is 0 Å². The largest absolute Gasteiger partial charge is 0.486 e. The van der Waals surface area contributed by atoms with Crippen molar-refractivity contribution in [3.8, 4) is 11.5 Å². The highest BCUT2D eigenvalue weighted by atomic mass is 16.6. The second-order valence-corrected chi connectivity index (χ2v) is 5.01. The van der Waals surface area contributed by atoms with Crippen LogP contribution in [0.5, 0.6) is 11.5 Å². The van der Waals surface area contributed by atoms with Gasteiger partial charge in [-0.1, -0.05) is 38.8 Å². The maximum absolute atomic E-state index is 5.77. The molecule has 3 N–H and O–H groups in total. The molecule has 1 aliphatic heterocycles. The Morgan fingerprint density at radius 1 is 1.21 bits per heavy atom. The lowest BCUT2D eigenvalue weighted by Gasteiger charge is -2.27. The van der Waals surface area contributed by atoms with Crippen LogP contribution in [-0.2, 0) is 0 Å². The zero-order chi connectivity index (χ0) is 13.7. The Hall–Kier alpha value is -1.26. The zero-order valence-electron chi connectivity index (χ0n) is 11.8. The summed E-state index contributed by atoms with van der Waals surface area (Å²) in [5, 5.41) is 0. The summed E-state index contributed by atoms with van der Waals surface area (Å²) in [6, 6.07) is 6.13. The minimum absolute atomic E-state index is 0.113. The lowest BCUT2D eigenvalue weighted by Crippen LogP contribution is -2.30. The van der Waals surface area contributed by atoms with Gasteiger partial charge in [0.05, 0.1) is 6.04 Å². The molecule has 0 bridgehead atoms. The van der Waals surface area contributed by atoms with Gasteiger partial charge in [0, 0.05) is 5.56 Å². The molecule has 2 rings (SSSR count). The number of nitrogens with one attached hydrogen (secondary N) is 1. The van der Waals surface area contributed by atoms with Crippen molar-refractivity contribution in [2.75, 3.05) is 13.2 Å². The second-order valence-electron chi connectivity index (χ2n) is 5.01. The van der Waals surface area contributed by atoms with E-state index in [1.165, 1.54) is 12.8 Å². The molecule has 0 saturated heterocycles. The van der Waals surface area contributed by atoms with E-state index in [9.17, 15) is 0 Å². The van der Waals surface area contributed by atoms with E-state index in [0.29, 0.717) is 19.1 Å². The van der Waals surface area contributed by atoms with Gasteiger partial charge in [-0.2, -0.15) is 0 Å². The van der Waals surface area contributed by atoms with Crippen LogP contribution in [0.25, 0.3) is 0 Å².